The van der Waals surface area contributed by atoms with Crippen molar-refractivity contribution in [1.82, 2.24) is 0 Å². The van der Waals surface area contributed by atoms with E-state index in [2.05, 4.69) is 0 Å². The molecule has 0 radical (unpaired) electrons. The molecule has 1 heterocycles. The van der Waals surface area contributed by atoms with E-state index in [1.165, 1.54) is 12.1 Å². The smallest absolute Gasteiger partial charge is 0.370 e. The normalized spacial score (nSPS) is 20.6. The van der Waals surface area contributed by atoms with Crippen molar-refractivity contribution in [1.29, 1.82) is 5.26 Å². The van der Waals surface area contributed by atoms with Crippen molar-refractivity contribution in [3.05, 3.63) is 29.3 Å². The average molecular weight is 266 g/mol. The molecule has 1 spiro atoms. The van der Waals surface area contributed by atoms with Gasteiger partial charge in [-0.05, 0) is 42.9 Å². The summed E-state index contributed by atoms with van der Waals surface area (Å²) in [4.78, 5) is 1.79. The second kappa shape index (κ2) is 3.89. The van der Waals surface area contributed by atoms with Gasteiger partial charge in [0.05, 0.1) is 22.9 Å². The largest absolute Gasteiger partial charge is 0.418 e. The lowest BCUT2D eigenvalue weighted by Gasteiger charge is -2.23. The Morgan fingerprint density at radius 3 is 2.47 bits per heavy atom. The number of hydrogen-bond donors (Lipinski definition) is 0. The van der Waals surface area contributed by atoms with Gasteiger partial charge in [0.1, 0.15) is 0 Å². The highest BCUT2D eigenvalue weighted by molar-refractivity contribution is 5.60. The number of anilines is 1. The van der Waals surface area contributed by atoms with Crippen LogP contribution in [0.5, 0.6) is 0 Å². The number of benzene rings is 1. The quantitative estimate of drug-likeness (QED) is 0.777. The third-order valence-corrected chi connectivity index (χ3v) is 4.17. The minimum atomic E-state index is -4.37. The van der Waals surface area contributed by atoms with E-state index in [-0.39, 0.29) is 16.7 Å². The van der Waals surface area contributed by atoms with Crippen molar-refractivity contribution in [2.75, 3.05) is 18.0 Å². The predicted molar refractivity (Wildman–Crippen MR) is 64.7 cm³/mol. The Morgan fingerprint density at radius 1 is 1.21 bits per heavy atom. The number of rotatable bonds is 1. The number of nitriles is 1. The maximum absolute atomic E-state index is 13.0. The van der Waals surface area contributed by atoms with Gasteiger partial charge in [-0.3, -0.25) is 0 Å². The van der Waals surface area contributed by atoms with Crippen LogP contribution in [0.25, 0.3) is 0 Å². The number of halogens is 3. The van der Waals surface area contributed by atoms with Crippen LogP contribution in [0.1, 0.15) is 30.4 Å². The van der Waals surface area contributed by atoms with Gasteiger partial charge in [0.15, 0.2) is 0 Å². The zero-order chi connectivity index (χ0) is 13.7. The number of hydrogen-bond acceptors (Lipinski definition) is 2. The zero-order valence-corrected chi connectivity index (χ0v) is 10.3. The van der Waals surface area contributed by atoms with E-state index >= 15 is 0 Å². The van der Waals surface area contributed by atoms with Crippen molar-refractivity contribution in [3.8, 4) is 6.07 Å². The first kappa shape index (κ1) is 12.3. The minimum absolute atomic E-state index is 0.162. The third-order valence-electron chi connectivity index (χ3n) is 4.17. The summed E-state index contributed by atoms with van der Waals surface area (Å²) in [5, 5.41) is 8.86. The minimum Gasteiger partial charge on any atom is -0.370 e. The first-order chi connectivity index (χ1) is 8.93. The van der Waals surface area contributed by atoms with Crippen LogP contribution >= 0.6 is 0 Å². The van der Waals surface area contributed by atoms with E-state index in [4.69, 9.17) is 5.26 Å². The molecule has 100 valence electrons. The number of alkyl halides is 3. The van der Waals surface area contributed by atoms with Crippen LogP contribution in [0.3, 0.4) is 0 Å². The van der Waals surface area contributed by atoms with E-state index in [0.29, 0.717) is 13.1 Å². The molecule has 1 saturated heterocycles. The highest BCUT2D eigenvalue weighted by Crippen LogP contribution is 2.54. The van der Waals surface area contributed by atoms with Gasteiger partial charge in [0.2, 0.25) is 0 Å². The van der Waals surface area contributed by atoms with Crippen molar-refractivity contribution < 1.29 is 13.2 Å². The van der Waals surface area contributed by atoms with E-state index in [9.17, 15) is 13.2 Å². The summed E-state index contributed by atoms with van der Waals surface area (Å²) in [7, 11) is 0. The molecule has 0 aromatic heterocycles. The van der Waals surface area contributed by atoms with Gasteiger partial charge in [0.25, 0.3) is 0 Å². The van der Waals surface area contributed by atoms with Crippen LogP contribution in [0.4, 0.5) is 18.9 Å². The maximum atomic E-state index is 13.0. The third kappa shape index (κ3) is 2.16. The van der Waals surface area contributed by atoms with Crippen LogP contribution in [0, 0.1) is 16.7 Å². The Hall–Kier alpha value is -1.70. The fraction of sp³-hybridized carbons (Fsp3) is 0.500. The van der Waals surface area contributed by atoms with Gasteiger partial charge < -0.3 is 4.90 Å². The van der Waals surface area contributed by atoms with Crippen molar-refractivity contribution in [2.24, 2.45) is 5.41 Å². The summed E-state index contributed by atoms with van der Waals surface area (Å²) >= 11 is 0. The van der Waals surface area contributed by atoms with E-state index in [1.54, 1.807) is 4.90 Å². The molecule has 19 heavy (non-hydrogen) atoms. The van der Waals surface area contributed by atoms with Crippen molar-refractivity contribution >= 4 is 5.69 Å². The maximum Gasteiger partial charge on any atom is 0.418 e. The molecule has 1 saturated carbocycles. The SMILES string of the molecule is N#Cc1ccc(C(F)(F)F)c(N2CCC3(CC3)C2)c1. The summed E-state index contributed by atoms with van der Waals surface area (Å²) in [6.45, 7) is 1.34. The summed E-state index contributed by atoms with van der Waals surface area (Å²) in [6, 6.07) is 5.53. The van der Waals surface area contributed by atoms with E-state index in [0.717, 1.165) is 25.3 Å². The monoisotopic (exact) mass is 266 g/mol. The highest BCUT2D eigenvalue weighted by Gasteiger charge is 2.48. The summed E-state index contributed by atoms with van der Waals surface area (Å²) in [5.41, 5.74) is 0.0604. The summed E-state index contributed by atoms with van der Waals surface area (Å²) in [6.07, 6.45) is -1.19. The molecule has 0 amide bonds. The lowest BCUT2D eigenvalue weighted by atomic mass is 10.1. The van der Waals surface area contributed by atoms with E-state index < -0.39 is 11.7 Å². The Labute approximate surface area is 109 Å². The molecule has 3 rings (SSSR count). The fourth-order valence-corrected chi connectivity index (χ4v) is 2.83. The van der Waals surface area contributed by atoms with E-state index in [1.807, 2.05) is 6.07 Å². The second-order valence-corrected chi connectivity index (χ2v) is 5.51. The van der Waals surface area contributed by atoms with Crippen LogP contribution in [0.15, 0.2) is 18.2 Å². The van der Waals surface area contributed by atoms with Crippen molar-refractivity contribution in [3.63, 3.8) is 0 Å². The van der Waals surface area contributed by atoms with Gasteiger partial charge in [-0.1, -0.05) is 0 Å². The Balaban J connectivity index is 2.00. The molecule has 0 unspecified atom stereocenters. The molecule has 1 aliphatic heterocycles. The predicted octanol–water partition coefficient (Wildman–Crippen LogP) is 3.57. The van der Waals surface area contributed by atoms with Gasteiger partial charge in [-0.15, -0.1) is 0 Å². The van der Waals surface area contributed by atoms with Gasteiger partial charge in [-0.2, -0.15) is 18.4 Å². The molecule has 1 aromatic rings. The molecule has 5 heteroatoms. The number of nitrogens with zero attached hydrogens (tertiary/aromatic N) is 2. The Morgan fingerprint density at radius 2 is 1.95 bits per heavy atom. The molecule has 1 aliphatic carbocycles. The van der Waals surface area contributed by atoms with Gasteiger partial charge >= 0.3 is 6.18 Å². The lowest BCUT2D eigenvalue weighted by Crippen LogP contribution is -2.23. The molecule has 0 bridgehead atoms. The summed E-state index contributed by atoms with van der Waals surface area (Å²) in [5.74, 6) is 0. The van der Waals surface area contributed by atoms with Gasteiger partial charge in [-0.25, -0.2) is 0 Å². The summed E-state index contributed by atoms with van der Waals surface area (Å²) < 4.78 is 39.1. The topological polar surface area (TPSA) is 27.0 Å². The van der Waals surface area contributed by atoms with Crippen molar-refractivity contribution in [2.45, 2.75) is 25.4 Å². The molecular formula is C14H13F3N2. The first-order valence-corrected chi connectivity index (χ1v) is 6.30. The van der Waals surface area contributed by atoms with Crippen LogP contribution in [-0.2, 0) is 6.18 Å². The first-order valence-electron chi connectivity index (χ1n) is 6.30. The Kier molecular flexibility index (Phi) is 2.53. The van der Waals surface area contributed by atoms with Gasteiger partial charge in [0, 0.05) is 13.1 Å². The van der Waals surface area contributed by atoms with Crippen LogP contribution in [0.2, 0.25) is 0 Å². The molecule has 0 N–H and O–H groups in total. The second-order valence-electron chi connectivity index (χ2n) is 5.51. The van der Waals surface area contributed by atoms with Crippen LogP contribution < -0.4 is 4.90 Å². The lowest BCUT2D eigenvalue weighted by molar-refractivity contribution is -0.137. The molecule has 2 nitrogen and oxygen atoms in total. The van der Waals surface area contributed by atoms with Crippen LogP contribution in [-0.4, -0.2) is 13.1 Å². The molecule has 0 atom stereocenters. The fourth-order valence-electron chi connectivity index (χ4n) is 2.83. The highest BCUT2D eigenvalue weighted by atomic mass is 19.4. The molecule has 2 aliphatic rings. The molecule has 1 aromatic carbocycles. The molecular weight excluding hydrogens is 253 g/mol. The average Bonchev–Trinajstić information content (AvgIpc) is 2.97. The Bertz CT molecular complexity index is 553. The molecule has 2 fully saturated rings. The standard InChI is InChI=1S/C14H13F3N2/c15-14(16,17)11-2-1-10(8-18)7-12(11)19-6-5-13(9-19)3-4-13/h1-2,7H,3-6,9H2. The zero-order valence-electron chi connectivity index (χ0n) is 10.3.